The van der Waals surface area contributed by atoms with Crippen molar-refractivity contribution in [2.45, 2.75) is 23.6 Å². The second-order valence-corrected chi connectivity index (χ2v) is 10.8. The van der Waals surface area contributed by atoms with Crippen molar-refractivity contribution in [2.24, 2.45) is 7.05 Å². The van der Waals surface area contributed by atoms with Gasteiger partial charge in [-0.25, -0.2) is 4.57 Å². The summed E-state index contributed by atoms with van der Waals surface area (Å²) in [5.41, 5.74) is 7.93. The summed E-state index contributed by atoms with van der Waals surface area (Å²) in [4.78, 5) is 3.61. The number of para-hydroxylation sites is 1. The highest BCUT2D eigenvalue weighted by Crippen LogP contribution is 2.54. The van der Waals surface area contributed by atoms with Gasteiger partial charge in [0.15, 0.2) is 11.1 Å². The number of rotatable bonds is 0. The Kier molecular flexibility index (Phi) is 3.30. The molecule has 0 N–H and O–H groups in total. The first-order valence-corrected chi connectivity index (χ1v) is 12.7. The lowest BCUT2D eigenvalue weighted by Gasteiger charge is -2.22. The predicted octanol–water partition coefficient (Wildman–Crippen LogP) is 8.27. The van der Waals surface area contributed by atoms with E-state index in [0.29, 0.717) is 0 Å². The second kappa shape index (κ2) is 5.99. The number of benzene rings is 3. The molecule has 3 aromatic carbocycles. The Balaban J connectivity index is 1.60. The summed E-state index contributed by atoms with van der Waals surface area (Å²) in [6, 6.07) is 15.1. The van der Waals surface area contributed by atoms with E-state index < -0.39 is 0 Å². The van der Waals surface area contributed by atoms with Crippen LogP contribution in [-0.4, -0.2) is 0 Å². The summed E-state index contributed by atoms with van der Waals surface area (Å²) >= 11 is 3.55. The van der Waals surface area contributed by atoms with Gasteiger partial charge in [0.05, 0.1) is 10.9 Å². The first-order chi connectivity index (χ1) is 16.1. The highest BCUT2D eigenvalue weighted by Gasteiger charge is 2.33. The molecule has 3 nitrogen and oxygen atoms in total. The minimum Gasteiger partial charge on any atom is -0.456 e. The lowest BCUT2D eigenvalue weighted by atomic mass is 9.93. The van der Waals surface area contributed by atoms with E-state index >= 15 is 0 Å². The minimum absolute atomic E-state index is 0.948. The molecule has 0 spiro atoms. The van der Waals surface area contributed by atoms with Crippen LogP contribution < -0.4 is 4.57 Å². The molecule has 0 unspecified atom stereocenters. The number of aryl methyl sites for hydroxylation is 3. The van der Waals surface area contributed by atoms with E-state index in [1.807, 2.05) is 17.8 Å². The van der Waals surface area contributed by atoms with Gasteiger partial charge in [-0.2, -0.15) is 0 Å². The molecule has 0 saturated carbocycles. The largest absolute Gasteiger partial charge is 0.456 e. The lowest BCUT2D eigenvalue weighted by molar-refractivity contribution is -0.659. The highest BCUT2D eigenvalue weighted by atomic mass is 32.2. The van der Waals surface area contributed by atoms with Gasteiger partial charge in [-0.1, -0.05) is 30.0 Å². The van der Waals surface area contributed by atoms with Crippen molar-refractivity contribution in [1.29, 1.82) is 0 Å². The summed E-state index contributed by atoms with van der Waals surface area (Å²) in [5, 5.41) is 9.39. The van der Waals surface area contributed by atoms with Gasteiger partial charge >= 0.3 is 0 Å². The third-order valence-corrected chi connectivity index (χ3v) is 9.20. The number of hydrogen-bond acceptors (Lipinski definition) is 4. The number of pyridine rings is 1. The quantitative estimate of drug-likeness (QED) is 0.212. The Morgan fingerprint density at radius 1 is 0.818 bits per heavy atom. The van der Waals surface area contributed by atoms with Crippen molar-refractivity contribution in [3.8, 4) is 11.3 Å². The van der Waals surface area contributed by atoms with Gasteiger partial charge in [0.2, 0.25) is 5.69 Å². The molecule has 0 radical (unpaired) electrons. The Morgan fingerprint density at radius 2 is 1.70 bits per heavy atom. The molecule has 158 valence electrons. The van der Waals surface area contributed by atoms with Crippen molar-refractivity contribution < 1.29 is 13.4 Å². The van der Waals surface area contributed by atoms with E-state index in [-0.39, 0.29) is 0 Å². The normalized spacial score (nSPS) is 13.2. The molecule has 0 aliphatic carbocycles. The summed E-state index contributed by atoms with van der Waals surface area (Å²) in [6.07, 6.45) is 2.16. The molecule has 0 amide bonds. The van der Waals surface area contributed by atoms with Crippen molar-refractivity contribution in [3.63, 3.8) is 0 Å². The first kappa shape index (κ1) is 18.2. The summed E-state index contributed by atoms with van der Waals surface area (Å²) in [6.45, 7) is 4.45. The summed E-state index contributed by atoms with van der Waals surface area (Å²) in [7, 11) is 2.14. The molecule has 5 heterocycles. The fourth-order valence-electron chi connectivity index (χ4n) is 5.65. The molecule has 8 rings (SSSR count). The average molecular weight is 465 g/mol. The van der Waals surface area contributed by atoms with E-state index in [9.17, 15) is 0 Å². The maximum atomic E-state index is 6.42. The number of fused-ring (bicyclic) bond motifs is 9. The zero-order valence-corrected chi connectivity index (χ0v) is 19.9. The fourth-order valence-corrected chi connectivity index (χ4v) is 7.73. The third kappa shape index (κ3) is 2.10. The van der Waals surface area contributed by atoms with Crippen LogP contribution >= 0.6 is 23.1 Å². The van der Waals surface area contributed by atoms with E-state index in [1.54, 1.807) is 11.3 Å². The molecule has 0 bridgehead atoms. The van der Waals surface area contributed by atoms with Gasteiger partial charge < -0.3 is 8.83 Å². The Labute approximate surface area is 197 Å². The molecular weight excluding hydrogens is 446 g/mol. The second-order valence-electron chi connectivity index (χ2n) is 8.90. The zero-order valence-electron chi connectivity index (χ0n) is 18.3. The van der Waals surface area contributed by atoms with E-state index in [0.717, 1.165) is 21.6 Å². The smallest absolute Gasteiger partial charge is 0.223 e. The van der Waals surface area contributed by atoms with Gasteiger partial charge in [0.25, 0.3) is 0 Å². The van der Waals surface area contributed by atoms with Crippen molar-refractivity contribution in [1.82, 2.24) is 0 Å². The van der Waals surface area contributed by atoms with E-state index in [1.165, 1.54) is 64.5 Å². The maximum absolute atomic E-state index is 6.42. The number of thiophene rings is 1. The van der Waals surface area contributed by atoms with Crippen LogP contribution in [0.15, 0.2) is 72.7 Å². The summed E-state index contributed by atoms with van der Waals surface area (Å²) < 4.78 is 15.0. The van der Waals surface area contributed by atoms with Gasteiger partial charge in [0.1, 0.15) is 23.8 Å². The monoisotopic (exact) mass is 464 g/mol. The molecule has 7 aromatic rings. The Morgan fingerprint density at radius 3 is 2.61 bits per heavy atom. The van der Waals surface area contributed by atoms with Gasteiger partial charge in [-0.3, -0.25) is 0 Å². The van der Waals surface area contributed by atoms with E-state index in [4.69, 9.17) is 8.83 Å². The molecule has 1 aliphatic rings. The van der Waals surface area contributed by atoms with Crippen LogP contribution in [0.3, 0.4) is 0 Å². The van der Waals surface area contributed by atoms with Crippen LogP contribution in [0.5, 0.6) is 0 Å². The average Bonchev–Trinajstić information content (AvgIpc) is 3.52. The fraction of sp³-hybridized carbons (Fsp3) is 0.107. The maximum Gasteiger partial charge on any atom is 0.223 e. The zero-order chi connectivity index (χ0) is 22.0. The molecule has 0 fully saturated rings. The molecule has 4 aromatic heterocycles. The molecule has 33 heavy (non-hydrogen) atoms. The van der Waals surface area contributed by atoms with Crippen LogP contribution in [0.4, 0.5) is 0 Å². The molecular formula is C28H18NO2S2+. The number of nitrogens with zero attached hydrogens (tertiary/aromatic N) is 1. The Hall–Kier alpha value is -3.28. The van der Waals surface area contributed by atoms with Crippen molar-refractivity contribution in [2.75, 3.05) is 0 Å². The molecule has 0 atom stereocenters. The van der Waals surface area contributed by atoms with Crippen LogP contribution in [0, 0.1) is 13.8 Å². The minimum atomic E-state index is 0.948. The molecule has 1 aliphatic heterocycles. The first-order valence-electron chi connectivity index (χ1n) is 11.0. The van der Waals surface area contributed by atoms with Gasteiger partial charge in [-0.05, 0) is 43.0 Å². The van der Waals surface area contributed by atoms with Crippen LogP contribution in [0.2, 0.25) is 0 Å². The molecule has 0 saturated heterocycles. The van der Waals surface area contributed by atoms with Crippen LogP contribution in [0.1, 0.15) is 11.1 Å². The van der Waals surface area contributed by atoms with Gasteiger partial charge in [0, 0.05) is 48.4 Å². The highest BCUT2D eigenvalue weighted by molar-refractivity contribution is 8.00. The lowest BCUT2D eigenvalue weighted by Crippen LogP contribution is -2.31. The Bertz CT molecular complexity index is 1990. The van der Waals surface area contributed by atoms with Crippen molar-refractivity contribution in [3.05, 3.63) is 65.2 Å². The number of aromatic nitrogens is 1. The standard InChI is InChI=1S/C28H18NO2S2/c1-13-22-24-23-17(8-10-29(24)3)26-18(15-9-11-32-28(15)31-26)12-20(23)33-27(22)14(2)21-16-6-4-5-7-19(16)30-25(13)21/h4-12H,1-3H3/q+1. The topological polar surface area (TPSA) is 30.2 Å². The van der Waals surface area contributed by atoms with Gasteiger partial charge in [-0.15, -0.1) is 11.3 Å². The van der Waals surface area contributed by atoms with Crippen LogP contribution in [-0.2, 0) is 7.05 Å². The SMILES string of the molecule is Cc1c2c(c(C)c3c1oc1ccccc13)Sc1cc3c4ccsc4oc3c3cc[n+](C)c-2c13. The number of hydrogen-bond donors (Lipinski definition) is 0. The number of furan rings is 2. The van der Waals surface area contributed by atoms with E-state index in [2.05, 4.69) is 73.4 Å². The van der Waals surface area contributed by atoms with Crippen LogP contribution in [0.25, 0.3) is 65.2 Å². The van der Waals surface area contributed by atoms with Crippen molar-refractivity contribution >= 4 is 77.1 Å². The summed E-state index contributed by atoms with van der Waals surface area (Å²) in [5.74, 6) is 0. The third-order valence-electron chi connectivity index (χ3n) is 7.15. The predicted molar refractivity (Wildman–Crippen MR) is 137 cm³/mol. The molecule has 5 heteroatoms.